The van der Waals surface area contributed by atoms with Crippen molar-refractivity contribution >= 4 is 38.2 Å². The van der Waals surface area contributed by atoms with Gasteiger partial charge in [0.25, 0.3) is 5.91 Å². The Morgan fingerprint density at radius 2 is 2.08 bits per heavy atom. The van der Waals surface area contributed by atoms with Gasteiger partial charge in [-0.15, -0.1) is 5.10 Å². The van der Waals surface area contributed by atoms with Crippen molar-refractivity contribution in [1.82, 2.24) is 9.59 Å². The van der Waals surface area contributed by atoms with E-state index in [9.17, 15) is 18.0 Å². The van der Waals surface area contributed by atoms with Gasteiger partial charge in [-0.25, -0.2) is 13.2 Å². The fourth-order valence-corrected chi connectivity index (χ4v) is 3.22. The second-order valence-corrected chi connectivity index (χ2v) is 7.79. The number of hydrogen-bond acceptors (Lipinski definition) is 8. The van der Waals surface area contributed by atoms with Gasteiger partial charge in [0.2, 0.25) is 5.69 Å². The van der Waals surface area contributed by atoms with Gasteiger partial charge in [-0.2, -0.15) is 0 Å². The molecule has 0 aliphatic rings. The normalized spacial score (nSPS) is 11.1. The van der Waals surface area contributed by atoms with E-state index in [1.807, 2.05) is 0 Å². The van der Waals surface area contributed by atoms with Crippen molar-refractivity contribution in [3.8, 4) is 0 Å². The summed E-state index contributed by atoms with van der Waals surface area (Å²) in [6.45, 7) is 1.83. The van der Waals surface area contributed by atoms with Gasteiger partial charge in [-0.3, -0.25) is 4.79 Å². The van der Waals surface area contributed by atoms with Crippen LogP contribution in [0, 0.1) is 0 Å². The summed E-state index contributed by atoms with van der Waals surface area (Å²) in [6.07, 6.45) is 1.12. The van der Waals surface area contributed by atoms with Crippen molar-refractivity contribution in [2.24, 2.45) is 0 Å². The van der Waals surface area contributed by atoms with Crippen LogP contribution in [-0.2, 0) is 20.3 Å². The van der Waals surface area contributed by atoms with E-state index in [0.29, 0.717) is 5.56 Å². The molecule has 8 nitrogen and oxygen atoms in total. The highest BCUT2D eigenvalue weighted by Crippen LogP contribution is 2.20. The molecule has 2 aromatic rings. The fourth-order valence-electron chi connectivity index (χ4n) is 1.89. The molecule has 0 aliphatic heterocycles. The Bertz CT molecular complexity index is 861. The number of benzene rings is 1. The number of ether oxygens (including phenoxy) is 1. The molecule has 0 aliphatic carbocycles. The van der Waals surface area contributed by atoms with Crippen LogP contribution in [0.3, 0.4) is 0 Å². The number of esters is 1. The predicted octanol–water partition coefficient (Wildman–Crippen LogP) is 1.51. The molecule has 0 saturated heterocycles. The van der Waals surface area contributed by atoms with Crippen LogP contribution in [0.1, 0.15) is 33.3 Å². The zero-order valence-electron chi connectivity index (χ0n) is 13.0. The van der Waals surface area contributed by atoms with Gasteiger partial charge in [0.05, 0.1) is 12.4 Å². The molecule has 128 valence electrons. The zero-order valence-corrected chi connectivity index (χ0v) is 14.6. The van der Waals surface area contributed by atoms with Crippen LogP contribution in [0.15, 0.2) is 24.3 Å². The van der Waals surface area contributed by atoms with Gasteiger partial charge >= 0.3 is 5.97 Å². The molecule has 0 unspecified atom stereocenters. The number of nitrogens with zero attached hydrogens (tertiary/aromatic N) is 2. The van der Waals surface area contributed by atoms with Gasteiger partial charge in [0.15, 0.2) is 14.8 Å². The first-order chi connectivity index (χ1) is 11.3. The van der Waals surface area contributed by atoms with E-state index < -0.39 is 21.7 Å². The van der Waals surface area contributed by atoms with Gasteiger partial charge in [-0.05, 0) is 24.6 Å². The minimum atomic E-state index is -3.20. The molecule has 1 aromatic heterocycles. The van der Waals surface area contributed by atoms with Crippen LogP contribution in [-0.4, -0.2) is 42.7 Å². The predicted molar refractivity (Wildman–Crippen MR) is 88.8 cm³/mol. The number of hydrogen-bond donors (Lipinski definition) is 1. The summed E-state index contributed by atoms with van der Waals surface area (Å²) in [5, 5.41) is 6.36. The average molecular weight is 369 g/mol. The molecule has 1 aromatic carbocycles. The standard InChI is InChI=1S/C14H15N3O5S2/c1-3-22-14(19)11-13(23-17-16-11)15-12(18)10-6-4-5-9(7-10)8-24(2,20)21/h4-7H,3,8H2,1-2H3,(H,15,18). The monoisotopic (exact) mass is 369 g/mol. The van der Waals surface area contributed by atoms with E-state index in [-0.39, 0.29) is 28.6 Å². The zero-order chi connectivity index (χ0) is 17.7. The summed E-state index contributed by atoms with van der Waals surface area (Å²) in [4.78, 5) is 24.0. The van der Waals surface area contributed by atoms with Crippen LogP contribution in [0.4, 0.5) is 5.00 Å². The molecular weight excluding hydrogens is 354 g/mol. The second-order valence-electron chi connectivity index (χ2n) is 4.90. The van der Waals surface area contributed by atoms with Gasteiger partial charge in [0.1, 0.15) is 0 Å². The van der Waals surface area contributed by atoms with Crippen LogP contribution < -0.4 is 5.32 Å². The first kappa shape index (κ1) is 18.0. The highest BCUT2D eigenvalue weighted by molar-refractivity contribution is 7.89. The molecule has 0 bridgehead atoms. The molecule has 0 spiro atoms. The number of anilines is 1. The van der Waals surface area contributed by atoms with Crippen LogP contribution in [0.2, 0.25) is 0 Å². The van der Waals surface area contributed by atoms with Crippen molar-refractivity contribution < 1.29 is 22.7 Å². The Kier molecular flexibility index (Phi) is 5.62. The largest absolute Gasteiger partial charge is 0.461 e. The SMILES string of the molecule is CCOC(=O)c1nnsc1NC(=O)c1cccc(CS(C)(=O)=O)c1. The lowest BCUT2D eigenvalue weighted by Crippen LogP contribution is -2.15. The number of nitrogens with one attached hydrogen (secondary N) is 1. The summed E-state index contributed by atoms with van der Waals surface area (Å²) in [7, 11) is -3.20. The summed E-state index contributed by atoms with van der Waals surface area (Å²) < 4.78 is 31.2. The van der Waals surface area contributed by atoms with E-state index in [1.54, 1.807) is 25.1 Å². The van der Waals surface area contributed by atoms with Crippen molar-refractivity contribution in [3.63, 3.8) is 0 Å². The molecule has 24 heavy (non-hydrogen) atoms. The highest BCUT2D eigenvalue weighted by Gasteiger charge is 2.20. The Morgan fingerprint density at radius 1 is 1.33 bits per heavy atom. The maximum absolute atomic E-state index is 12.3. The molecule has 10 heteroatoms. The molecule has 1 amide bonds. The van der Waals surface area contributed by atoms with Gasteiger partial charge in [0, 0.05) is 23.4 Å². The van der Waals surface area contributed by atoms with Crippen molar-refractivity contribution in [2.45, 2.75) is 12.7 Å². The molecule has 1 N–H and O–H groups in total. The Balaban J connectivity index is 2.18. The minimum Gasteiger partial charge on any atom is -0.461 e. The van der Waals surface area contributed by atoms with E-state index >= 15 is 0 Å². The summed E-state index contributed by atoms with van der Waals surface area (Å²) >= 11 is 0.851. The molecule has 0 radical (unpaired) electrons. The van der Waals surface area contributed by atoms with Crippen LogP contribution >= 0.6 is 11.5 Å². The van der Waals surface area contributed by atoms with Crippen molar-refractivity contribution in [3.05, 3.63) is 41.1 Å². The third kappa shape index (κ3) is 4.83. The maximum Gasteiger partial charge on any atom is 0.362 e. The maximum atomic E-state index is 12.3. The molecule has 1 heterocycles. The topological polar surface area (TPSA) is 115 Å². The average Bonchev–Trinajstić information content (AvgIpc) is 2.94. The Hall–Kier alpha value is -2.33. The Morgan fingerprint density at radius 3 is 2.75 bits per heavy atom. The lowest BCUT2D eigenvalue weighted by Gasteiger charge is -2.06. The fraction of sp³-hybridized carbons (Fsp3) is 0.286. The van der Waals surface area contributed by atoms with E-state index in [1.165, 1.54) is 6.07 Å². The lowest BCUT2D eigenvalue weighted by atomic mass is 10.1. The second kappa shape index (κ2) is 7.49. The first-order valence-electron chi connectivity index (χ1n) is 6.87. The van der Waals surface area contributed by atoms with Crippen LogP contribution in [0.25, 0.3) is 0 Å². The quantitative estimate of drug-likeness (QED) is 0.767. The van der Waals surface area contributed by atoms with E-state index in [4.69, 9.17) is 4.74 Å². The van der Waals surface area contributed by atoms with E-state index in [0.717, 1.165) is 17.8 Å². The summed E-state index contributed by atoms with van der Waals surface area (Å²) in [5.74, 6) is -1.33. The number of amides is 1. The number of rotatable bonds is 6. The van der Waals surface area contributed by atoms with E-state index in [2.05, 4.69) is 14.9 Å². The Labute approximate surface area is 142 Å². The number of carbonyl (C=O) groups excluding carboxylic acids is 2. The smallest absolute Gasteiger partial charge is 0.362 e. The molecule has 2 rings (SSSR count). The van der Waals surface area contributed by atoms with Gasteiger partial charge in [-0.1, -0.05) is 16.6 Å². The molecule has 0 saturated carbocycles. The molecular formula is C14H15N3O5S2. The third-order valence-corrected chi connectivity index (χ3v) is 4.30. The number of aromatic nitrogens is 2. The first-order valence-corrected chi connectivity index (χ1v) is 9.71. The van der Waals surface area contributed by atoms with Crippen molar-refractivity contribution in [1.29, 1.82) is 0 Å². The molecule has 0 fully saturated rings. The summed E-state index contributed by atoms with van der Waals surface area (Å²) in [5.41, 5.74) is 0.694. The van der Waals surface area contributed by atoms with Crippen LogP contribution in [0.5, 0.6) is 0 Å². The minimum absolute atomic E-state index is 0.0671. The summed E-state index contributed by atoms with van der Waals surface area (Å²) in [6, 6.07) is 6.23. The highest BCUT2D eigenvalue weighted by atomic mass is 32.2. The molecule has 0 atom stereocenters. The van der Waals surface area contributed by atoms with Crippen molar-refractivity contribution in [2.75, 3.05) is 18.2 Å². The number of carbonyl (C=O) groups is 2. The lowest BCUT2D eigenvalue weighted by molar-refractivity contribution is 0.0520. The van der Waals surface area contributed by atoms with Gasteiger partial charge < -0.3 is 10.1 Å². The number of sulfone groups is 1. The third-order valence-electron chi connectivity index (χ3n) is 2.80.